The van der Waals surface area contributed by atoms with Crippen molar-refractivity contribution in [2.24, 2.45) is 0 Å². The van der Waals surface area contributed by atoms with Crippen molar-refractivity contribution in [2.75, 3.05) is 47.5 Å². The van der Waals surface area contributed by atoms with Gasteiger partial charge in [0.1, 0.15) is 19.8 Å². The number of quaternary nitrogens is 1. The maximum Gasteiger partial charge on any atom is 0.472 e. The van der Waals surface area contributed by atoms with Gasteiger partial charge in [-0.15, -0.1) is 0 Å². The minimum Gasteiger partial charge on any atom is -0.462 e. The van der Waals surface area contributed by atoms with Crippen LogP contribution in [0.1, 0.15) is 129 Å². The van der Waals surface area contributed by atoms with E-state index in [-0.39, 0.29) is 26.1 Å². The fourth-order valence-electron chi connectivity index (χ4n) is 4.47. The molecular weight excluding hydrogens is 629 g/mol. The van der Waals surface area contributed by atoms with Gasteiger partial charge >= 0.3 is 19.8 Å². The SMILES string of the molecule is CC/C=C/C/C=C/C/C=C/C/C=C/CCCCC(=O)OC[C@@H](COP(=O)(O)OCC[N+](C)(C)C)OC(=O)CCCCCCCCCCC. The van der Waals surface area contributed by atoms with Crippen LogP contribution in [0.15, 0.2) is 48.6 Å². The maximum atomic E-state index is 12.5. The molecule has 0 rings (SSSR count). The summed E-state index contributed by atoms with van der Waals surface area (Å²) >= 11 is 0. The smallest absolute Gasteiger partial charge is 0.462 e. The monoisotopic (exact) mass is 698 g/mol. The number of hydrogen-bond donors (Lipinski definition) is 1. The Morgan fingerprint density at radius 1 is 0.667 bits per heavy atom. The normalized spacial score (nSPS) is 14.4. The fourth-order valence-corrected chi connectivity index (χ4v) is 5.21. The summed E-state index contributed by atoms with van der Waals surface area (Å²) in [4.78, 5) is 35.0. The van der Waals surface area contributed by atoms with Crippen LogP contribution < -0.4 is 0 Å². The van der Waals surface area contributed by atoms with Crippen molar-refractivity contribution in [3.05, 3.63) is 48.6 Å². The first kappa shape index (κ1) is 46.0. The Hall–Kier alpha value is -2.03. The van der Waals surface area contributed by atoms with Gasteiger partial charge in [-0.05, 0) is 51.4 Å². The number of ether oxygens (including phenoxy) is 2. The molecule has 278 valence electrons. The summed E-state index contributed by atoms with van der Waals surface area (Å²) in [6.45, 7) is 4.20. The second-order valence-electron chi connectivity index (χ2n) is 13.2. The van der Waals surface area contributed by atoms with Crippen LogP contribution in [0.4, 0.5) is 0 Å². The van der Waals surface area contributed by atoms with Gasteiger partial charge in [-0.3, -0.25) is 18.6 Å². The molecule has 0 aromatic carbocycles. The molecule has 10 heteroatoms. The van der Waals surface area contributed by atoms with Crippen LogP contribution in [0.5, 0.6) is 0 Å². The molecule has 0 aliphatic heterocycles. The second-order valence-corrected chi connectivity index (χ2v) is 14.7. The topological polar surface area (TPSA) is 108 Å². The molecular formula is C38H69NO8P+. The Balaban J connectivity index is 4.52. The Morgan fingerprint density at radius 3 is 1.77 bits per heavy atom. The predicted octanol–water partition coefficient (Wildman–Crippen LogP) is 9.57. The highest BCUT2D eigenvalue weighted by Gasteiger charge is 2.27. The van der Waals surface area contributed by atoms with Crippen molar-refractivity contribution in [3.8, 4) is 0 Å². The van der Waals surface area contributed by atoms with Gasteiger partial charge in [0.05, 0.1) is 27.7 Å². The Kier molecular flexibility index (Phi) is 29.7. The first-order valence-electron chi connectivity index (χ1n) is 18.4. The summed E-state index contributed by atoms with van der Waals surface area (Å²) in [6.07, 6.45) is 33.1. The van der Waals surface area contributed by atoms with E-state index in [1.165, 1.54) is 32.1 Å². The molecule has 0 bridgehead atoms. The van der Waals surface area contributed by atoms with Crippen molar-refractivity contribution in [1.82, 2.24) is 0 Å². The summed E-state index contributed by atoms with van der Waals surface area (Å²) in [7, 11) is 1.45. The van der Waals surface area contributed by atoms with Gasteiger partial charge in [0.2, 0.25) is 0 Å². The van der Waals surface area contributed by atoms with Crippen molar-refractivity contribution in [3.63, 3.8) is 0 Å². The lowest BCUT2D eigenvalue weighted by molar-refractivity contribution is -0.870. The average molecular weight is 699 g/mol. The number of esters is 2. The molecule has 9 nitrogen and oxygen atoms in total. The molecule has 0 saturated carbocycles. The highest BCUT2D eigenvalue weighted by molar-refractivity contribution is 7.47. The molecule has 1 N–H and O–H groups in total. The molecule has 48 heavy (non-hydrogen) atoms. The van der Waals surface area contributed by atoms with Gasteiger partial charge in [-0.1, -0.05) is 114 Å². The molecule has 0 fully saturated rings. The van der Waals surface area contributed by atoms with E-state index in [9.17, 15) is 19.0 Å². The Labute approximate surface area is 293 Å². The van der Waals surface area contributed by atoms with Crippen molar-refractivity contribution < 1.29 is 42.1 Å². The highest BCUT2D eigenvalue weighted by atomic mass is 31.2. The summed E-state index contributed by atoms with van der Waals surface area (Å²) in [5.41, 5.74) is 0. The van der Waals surface area contributed by atoms with Crippen LogP contribution in [0.2, 0.25) is 0 Å². The first-order valence-corrected chi connectivity index (χ1v) is 19.9. The van der Waals surface area contributed by atoms with E-state index >= 15 is 0 Å². The molecule has 0 aliphatic rings. The van der Waals surface area contributed by atoms with Crippen LogP contribution >= 0.6 is 7.82 Å². The Bertz CT molecular complexity index is 970. The van der Waals surface area contributed by atoms with Crippen LogP contribution in [-0.4, -0.2) is 74.9 Å². The number of carbonyl (C=O) groups is 2. The van der Waals surface area contributed by atoms with Crippen molar-refractivity contribution in [1.29, 1.82) is 0 Å². The quantitative estimate of drug-likeness (QED) is 0.0243. The largest absolute Gasteiger partial charge is 0.472 e. The molecule has 0 amide bonds. The van der Waals surface area contributed by atoms with E-state index in [2.05, 4.69) is 62.5 Å². The number of unbranched alkanes of at least 4 members (excludes halogenated alkanes) is 10. The lowest BCUT2D eigenvalue weighted by atomic mass is 10.1. The average Bonchev–Trinajstić information content (AvgIpc) is 3.02. The van der Waals surface area contributed by atoms with E-state index in [1.807, 2.05) is 21.1 Å². The number of hydrogen-bond acceptors (Lipinski definition) is 7. The van der Waals surface area contributed by atoms with Gasteiger partial charge in [0.25, 0.3) is 0 Å². The van der Waals surface area contributed by atoms with Gasteiger partial charge in [0, 0.05) is 12.8 Å². The summed E-state index contributed by atoms with van der Waals surface area (Å²) in [5.74, 6) is -0.856. The molecule has 0 spiro atoms. The third kappa shape index (κ3) is 33.9. The number of rotatable bonds is 32. The second kappa shape index (κ2) is 31.0. The van der Waals surface area contributed by atoms with Gasteiger partial charge in [-0.2, -0.15) is 0 Å². The fraction of sp³-hybridized carbons (Fsp3) is 0.737. The van der Waals surface area contributed by atoms with E-state index in [1.54, 1.807) is 0 Å². The van der Waals surface area contributed by atoms with E-state index in [0.717, 1.165) is 57.8 Å². The highest BCUT2D eigenvalue weighted by Crippen LogP contribution is 2.43. The van der Waals surface area contributed by atoms with E-state index < -0.39 is 32.5 Å². The zero-order chi connectivity index (χ0) is 35.8. The Morgan fingerprint density at radius 2 is 1.19 bits per heavy atom. The van der Waals surface area contributed by atoms with Crippen molar-refractivity contribution in [2.45, 2.75) is 136 Å². The number of phosphoric acid groups is 1. The van der Waals surface area contributed by atoms with Crippen LogP contribution in [0, 0.1) is 0 Å². The van der Waals surface area contributed by atoms with Gasteiger partial charge < -0.3 is 18.9 Å². The number of phosphoric ester groups is 1. The summed E-state index contributed by atoms with van der Waals surface area (Å²) in [5, 5.41) is 0. The van der Waals surface area contributed by atoms with Crippen LogP contribution in [0.3, 0.4) is 0 Å². The molecule has 0 aromatic rings. The molecule has 1 unspecified atom stereocenters. The zero-order valence-electron chi connectivity index (χ0n) is 31.0. The number of nitrogens with zero attached hydrogens (tertiary/aromatic N) is 1. The molecule has 2 atom stereocenters. The van der Waals surface area contributed by atoms with Crippen molar-refractivity contribution >= 4 is 19.8 Å². The third-order valence-electron chi connectivity index (χ3n) is 7.37. The lowest BCUT2D eigenvalue weighted by Crippen LogP contribution is -2.37. The first-order chi connectivity index (χ1) is 23.0. The molecule has 0 aliphatic carbocycles. The zero-order valence-corrected chi connectivity index (χ0v) is 31.8. The minimum absolute atomic E-state index is 0.0240. The van der Waals surface area contributed by atoms with Crippen LogP contribution in [0.25, 0.3) is 0 Å². The van der Waals surface area contributed by atoms with E-state index in [4.69, 9.17) is 18.5 Å². The number of carbonyl (C=O) groups excluding carboxylic acids is 2. The standard InChI is InChI=1S/C38H68NO8P/c1-6-8-10-12-14-16-17-18-19-20-21-23-24-26-28-30-37(40)44-34-36(35-46-48(42,43)45-33-32-39(3,4)5)47-38(41)31-29-27-25-22-15-13-11-9-7-2/h8,10,14,16,18-19,21,23,36H,6-7,9,11-13,15,17,20,22,24-35H2,1-5H3/p+1/b10-8+,16-14+,19-18+,23-21+/t36-/m0/s1. The molecule has 0 aromatic heterocycles. The molecule has 0 saturated heterocycles. The predicted molar refractivity (Wildman–Crippen MR) is 196 cm³/mol. The summed E-state index contributed by atoms with van der Waals surface area (Å²) in [6, 6.07) is 0. The van der Waals surface area contributed by atoms with E-state index in [0.29, 0.717) is 23.9 Å². The van der Waals surface area contributed by atoms with Gasteiger partial charge in [-0.25, -0.2) is 4.57 Å². The molecule has 0 radical (unpaired) electrons. The number of allylic oxidation sites excluding steroid dienone is 8. The molecule has 0 heterocycles. The number of likely N-dealkylation sites (N-methyl/N-ethyl adjacent to an activating group) is 1. The van der Waals surface area contributed by atoms with Crippen LogP contribution in [-0.2, 0) is 32.7 Å². The minimum atomic E-state index is -4.37. The third-order valence-corrected chi connectivity index (χ3v) is 8.36. The maximum absolute atomic E-state index is 12.5. The van der Waals surface area contributed by atoms with Gasteiger partial charge in [0.15, 0.2) is 6.10 Å². The summed E-state index contributed by atoms with van der Waals surface area (Å²) < 4.78 is 34.0. The lowest BCUT2D eigenvalue weighted by Gasteiger charge is -2.24.